The number of aromatic nitrogens is 1. The summed E-state index contributed by atoms with van der Waals surface area (Å²) in [4.78, 5) is 29.7. The Morgan fingerprint density at radius 1 is 1.07 bits per heavy atom. The van der Waals surface area contributed by atoms with Gasteiger partial charge in [0.25, 0.3) is 5.91 Å². The molecule has 0 saturated heterocycles. The van der Waals surface area contributed by atoms with Crippen LogP contribution in [0.25, 0.3) is 10.8 Å². The fourth-order valence-electron chi connectivity index (χ4n) is 5.15. The number of amides is 2. The molecule has 6 rings (SSSR count). The van der Waals surface area contributed by atoms with Crippen LogP contribution in [0.4, 0.5) is 10.1 Å². The van der Waals surface area contributed by atoms with Crippen LogP contribution in [0.3, 0.4) is 0 Å². The van der Waals surface area contributed by atoms with E-state index >= 15 is 0 Å². The van der Waals surface area contributed by atoms with Gasteiger partial charge in [-0.3, -0.25) is 14.6 Å². The minimum absolute atomic E-state index is 0.0669. The van der Waals surface area contributed by atoms with Crippen molar-refractivity contribution in [3.63, 3.8) is 0 Å². The summed E-state index contributed by atoms with van der Waals surface area (Å²) < 4.78 is 13.0. The molecule has 1 atom stereocenters. The highest BCUT2D eigenvalue weighted by atomic mass is 19.1. The molecule has 1 aromatic heterocycles. The van der Waals surface area contributed by atoms with E-state index in [0.717, 1.165) is 30.0 Å². The molecule has 1 heterocycles. The Balaban J connectivity index is 1.23. The fraction of sp³-hybridized carbons (Fsp3) is 0.292. The van der Waals surface area contributed by atoms with Crippen LogP contribution in [0, 0.1) is 17.2 Å². The number of hydrogen-bond acceptors (Lipinski definition) is 3. The van der Waals surface area contributed by atoms with Crippen molar-refractivity contribution >= 4 is 28.3 Å². The van der Waals surface area contributed by atoms with Crippen LogP contribution in [-0.4, -0.2) is 22.3 Å². The molecule has 3 fully saturated rings. The van der Waals surface area contributed by atoms with Crippen LogP contribution >= 0.6 is 0 Å². The van der Waals surface area contributed by atoms with Crippen molar-refractivity contribution in [2.45, 2.75) is 31.7 Å². The third-order valence-electron chi connectivity index (χ3n) is 6.80. The van der Waals surface area contributed by atoms with E-state index in [-0.39, 0.29) is 34.5 Å². The molecular formula is C24H22FN3O2. The van der Waals surface area contributed by atoms with Crippen molar-refractivity contribution in [2.75, 3.05) is 5.32 Å². The predicted molar refractivity (Wildman–Crippen MR) is 112 cm³/mol. The monoisotopic (exact) mass is 403 g/mol. The molecule has 3 aliphatic rings. The normalized spacial score (nSPS) is 25.0. The van der Waals surface area contributed by atoms with Crippen molar-refractivity contribution < 1.29 is 14.0 Å². The zero-order valence-corrected chi connectivity index (χ0v) is 16.6. The van der Waals surface area contributed by atoms with E-state index in [1.54, 1.807) is 24.5 Å². The topological polar surface area (TPSA) is 71.1 Å². The Morgan fingerprint density at radius 2 is 1.80 bits per heavy atom. The standard InChI is InChI=1S/C24H22FN3O2/c1-15(21(29)27-18-7-5-17(25)6-8-18)23-12-24(13-23,14-23)28-22(30)20-4-2-3-16-11-26-10-9-19(16)20/h2-11,15H,12-14H2,1H3,(H,27,29)(H,28,30)/t15-,23?,24?/m1/s1. The van der Waals surface area contributed by atoms with Gasteiger partial charge in [-0.05, 0) is 66.5 Å². The fourth-order valence-corrected chi connectivity index (χ4v) is 5.15. The number of benzene rings is 2. The van der Waals surface area contributed by atoms with Gasteiger partial charge < -0.3 is 10.6 Å². The van der Waals surface area contributed by atoms with Crippen LogP contribution in [0.2, 0.25) is 0 Å². The Hall–Kier alpha value is -3.28. The molecule has 2 bridgehead atoms. The van der Waals surface area contributed by atoms with Crippen molar-refractivity contribution in [3.8, 4) is 0 Å². The molecule has 0 unspecified atom stereocenters. The first-order chi connectivity index (χ1) is 14.4. The number of carbonyl (C=O) groups is 2. The Labute approximate surface area is 173 Å². The average Bonchev–Trinajstić information content (AvgIpc) is 2.70. The second kappa shape index (κ2) is 6.62. The van der Waals surface area contributed by atoms with E-state index in [0.29, 0.717) is 11.3 Å². The lowest BCUT2D eigenvalue weighted by molar-refractivity contribution is -0.184. The van der Waals surface area contributed by atoms with Crippen LogP contribution in [0.1, 0.15) is 36.5 Å². The summed E-state index contributed by atoms with van der Waals surface area (Å²) in [5.74, 6) is -0.656. The van der Waals surface area contributed by atoms with Gasteiger partial charge in [-0.1, -0.05) is 19.1 Å². The number of nitrogens with zero attached hydrogens (tertiary/aromatic N) is 1. The van der Waals surface area contributed by atoms with Gasteiger partial charge in [0.2, 0.25) is 5.91 Å². The summed E-state index contributed by atoms with van der Waals surface area (Å²) in [6.07, 6.45) is 5.85. The number of nitrogens with one attached hydrogen (secondary N) is 2. The number of halogens is 1. The second-order valence-corrected chi connectivity index (χ2v) is 8.75. The van der Waals surface area contributed by atoms with Crippen LogP contribution < -0.4 is 10.6 Å². The Morgan fingerprint density at radius 3 is 2.53 bits per heavy atom. The zero-order chi connectivity index (χ0) is 20.9. The molecule has 0 aliphatic heterocycles. The predicted octanol–water partition coefficient (Wildman–Crippen LogP) is 4.30. The third kappa shape index (κ3) is 2.95. The maximum absolute atomic E-state index is 13.0. The minimum Gasteiger partial charge on any atom is -0.347 e. The number of carbonyl (C=O) groups excluding carboxylic acids is 2. The molecule has 30 heavy (non-hydrogen) atoms. The van der Waals surface area contributed by atoms with E-state index in [1.807, 2.05) is 31.2 Å². The maximum Gasteiger partial charge on any atom is 0.252 e. The molecule has 5 nitrogen and oxygen atoms in total. The first-order valence-electron chi connectivity index (χ1n) is 10.1. The highest BCUT2D eigenvalue weighted by Gasteiger charge is 2.71. The van der Waals surface area contributed by atoms with Gasteiger partial charge in [0, 0.05) is 40.5 Å². The van der Waals surface area contributed by atoms with E-state index in [2.05, 4.69) is 15.6 Å². The van der Waals surface area contributed by atoms with Crippen LogP contribution in [-0.2, 0) is 4.79 Å². The summed E-state index contributed by atoms with van der Waals surface area (Å²) in [5, 5.41) is 7.90. The molecule has 2 amide bonds. The summed E-state index contributed by atoms with van der Waals surface area (Å²) in [7, 11) is 0. The number of rotatable bonds is 5. The highest BCUT2D eigenvalue weighted by molar-refractivity contribution is 6.07. The summed E-state index contributed by atoms with van der Waals surface area (Å²) in [5.41, 5.74) is 0.959. The molecule has 2 N–H and O–H groups in total. The van der Waals surface area contributed by atoms with Crippen molar-refractivity contribution in [3.05, 3.63) is 72.3 Å². The van der Waals surface area contributed by atoms with Gasteiger partial charge in [-0.2, -0.15) is 0 Å². The van der Waals surface area contributed by atoms with E-state index in [9.17, 15) is 14.0 Å². The molecule has 3 aromatic rings. The first-order valence-corrected chi connectivity index (χ1v) is 10.1. The molecule has 3 saturated carbocycles. The SMILES string of the molecule is C[C@H](C(=O)Nc1ccc(F)cc1)C12CC(NC(=O)c3cccc4cnccc34)(C1)C2. The van der Waals surface area contributed by atoms with Gasteiger partial charge in [-0.15, -0.1) is 0 Å². The number of pyridine rings is 1. The third-order valence-corrected chi connectivity index (χ3v) is 6.80. The van der Waals surface area contributed by atoms with E-state index in [1.165, 1.54) is 12.1 Å². The average molecular weight is 403 g/mol. The molecule has 3 aliphatic carbocycles. The number of hydrogen-bond donors (Lipinski definition) is 2. The maximum atomic E-state index is 13.0. The quantitative estimate of drug-likeness (QED) is 0.667. The Bertz CT molecular complexity index is 1130. The molecule has 0 spiro atoms. The second-order valence-electron chi connectivity index (χ2n) is 8.75. The van der Waals surface area contributed by atoms with Crippen molar-refractivity contribution in [1.82, 2.24) is 10.3 Å². The highest BCUT2D eigenvalue weighted by Crippen LogP contribution is 2.70. The van der Waals surface area contributed by atoms with Gasteiger partial charge in [0.1, 0.15) is 5.82 Å². The Kier molecular flexibility index (Phi) is 4.13. The molecule has 6 heteroatoms. The lowest BCUT2D eigenvalue weighted by Gasteiger charge is -2.72. The number of anilines is 1. The van der Waals surface area contributed by atoms with Gasteiger partial charge >= 0.3 is 0 Å². The van der Waals surface area contributed by atoms with Gasteiger partial charge in [0.05, 0.1) is 0 Å². The lowest BCUT2D eigenvalue weighted by atomic mass is 9.36. The van der Waals surface area contributed by atoms with Crippen LogP contribution in [0.5, 0.6) is 0 Å². The van der Waals surface area contributed by atoms with Crippen LogP contribution in [0.15, 0.2) is 60.9 Å². The van der Waals surface area contributed by atoms with Crippen molar-refractivity contribution in [1.29, 1.82) is 0 Å². The first kappa shape index (κ1) is 18.7. The molecule has 0 radical (unpaired) electrons. The van der Waals surface area contributed by atoms with Crippen molar-refractivity contribution in [2.24, 2.45) is 11.3 Å². The largest absolute Gasteiger partial charge is 0.347 e. The smallest absolute Gasteiger partial charge is 0.252 e. The van der Waals surface area contributed by atoms with Gasteiger partial charge in [-0.25, -0.2) is 4.39 Å². The van der Waals surface area contributed by atoms with E-state index in [4.69, 9.17) is 0 Å². The zero-order valence-electron chi connectivity index (χ0n) is 16.6. The molecule has 152 valence electrons. The molecular weight excluding hydrogens is 381 g/mol. The lowest BCUT2D eigenvalue weighted by Crippen LogP contribution is -2.77. The summed E-state index contributed by atoms with van der Waals surface area (Å²) >= 11 is 0. The van der Waals surface area contributed by atoms with E-state index < -0.39 is 0 Å². The summed E-state index contributed by atoms with van der Waals surface area (Å²) in [6, 6.07) is 13.3. The van der Waals surface area contributed by atoms with Gasteiger partial charge in [0.15, 0.2) is 0 Å². The minimum atomic E-state index is -0.333. The molecule has 2 aromatic carbocycles. The summed E-state index contributed by atoms with van der Waals surface area (Å²) in [6.45, 7) is 1.93. The number of fused-ring (bicyclic) bond motifs is 1.